The lowest BCUT2D eigenvalue weighted by atomic mass is 10.5. The highest BCUT2D eigenvalue weighted by atomic mass is 127. The normalized spacial score (nSPS) is 9.22. The van der Waals surface area contributed by atoms with Crippen LogP contribution in [-0.4, -0.2) is 28.3 Å². The number of nitrogens with zero attached hydrogens (tertiary/aromatic N) is 1. The molecular formula is C6H12INO. The van der Waals surface area contributed by atoms with Crippen LogP contribution in [0.3, 0.4) is 0 Å². The Morgan fingerprint density at radius 3 is 2.33 bits per heavy atom. The summed E-state index contributed by atoms with van der Waals surface area (Å²) in [5, 5.41) is 0. The highest BCUT2D eigenvalue weighted by Crippen LogP contribution is 1.90. The van der Waals surface area contributed by atoms with E-state index >= 15 is 0 Å². The summed E-state index contributed by atoms with van der Waals surface area (Å²) in [5.41, 5.74) is 0. The molecule has 0 saturated heterocycles. The maximum absolute atomic E-state index is 10.7. The number of rotatable bonds is 3. The minimum absolute atomic E-state index is 0.175. The molecule has 0 unspecified atom stereocenters. The lowest BCUT2D eigenvalue weighted by Crippen LogP contribution is -2.29. The third kappa shape index (κ3) is 3.72. The molecule has 0 fully saturated rings. The van der Waals surface area contributed by atoms with Crippen molar-refractivity contribution < 1.29 is 4.79 Å². The summed E-state index contributed by atoms with van der Waals surface area (Å²) in [5.74, 6) is 0.175. The summed E-state index contributed by atoms with van der Waals surface area (Å²) in [7, 11) is 0. The molecule has 0 radical (unpaired) electrons. The van der Waals surface area contributed by atoms with Crippen molar-refractivity contribution in [3.05, 3.63) is 0 Å². The van der Waals surface area contributed by atoms with E-state index in [1.54, 1.807) is 6.92 Å². The summed E-state index contributed by atoms with van der Waals surface area (Å²) in [6.07, 6.45) is 0. The van der Waals surface area contributed by atoms with Gasteiger partial charge in [-0.1, -0.05) is 22.6 Å². The molecule has 0 aromatic rings. The van der Waals surface area contributed by atoms with Crippen molar-refractivity contribution in [2.24, 2.45) is 0 Å². The van der Waals surface area contributed by atoms with Gasteiger partial charge in [0, 0.05) is 24.4 Å². The Morgan fingerprint density at radius 2 is 2.22 bits per heavy atom. The van der Waals surface area contributed by atoms with E-state index in [0.29, 0.717) is 0 Å². The number of amides is 1. The molecule has 0 spiro atoms. The molecular weight excluding hydrogens is 229 g/mol. The summed E-state index contributed by atoms with van der Waals surface area (Å²) in [6.45, 7) is 5.31. The van der Waals surface area contributed by atoms with Gasteiger partial charge >= 0.3 is 0 Å². The fourth-order valence-electron chi connectivity index (χ4n) is 0.640. The van der Waals surface area contributed by atoms with Gasteiger partial charge in [0.1, 0.15) is 0 Å². The van der Waals surface area contributed by atoms with Crippen LogP contribution in [0, 0.1) is 0 Å². The van der Waals surface area contributed by atoms with Crippen LogP contribution in [0.25, 0.3) is 0 Å². The van der Waals surface area contributed by atoms with E-state index in [0.717, 1.165) is 17.5 Å². The van der Waals surface area contributed by atoms with Gasteiger partial charge in [0.25, 0.3) is 0 Å². The van der Waals surface area contributed by atoms with Gasteiger partial charge in [0.2, 0.25) is 5.91 Å². The van der Waals surface area contributed by atoms with E-state index in [2.05, 4.69) is 22.6 Å². The Morgan fingerprint density at radius 1 is 1.67 bits per heavy atom. The minimum atomic E-state index is 0.175. The first-order valence-corrected chi connectivity index (χ1v) is 4.56. The zero-order valence-electron chi connectivity index (χ0n) is 5.85. The summed E-state index contributed by atoms with van der Waals surface area (Å²) >= 11 is 2.27. The fraction of sp³-hybridized carbons (Fsp3) is 0.833. The molecule has 0 N–H and O–H groups in total. The quantitative estimate of drug-likeness (QED) is 0.538. The van der Waals surface area contributed by atoms with E-state index in [4.69, 9.17) is 0 Å². The zero-order chi connectivity index (χ0) is 7.28. The van der Waals surface area contributed by atoms with Crippen molar-refractivity contribution in [3.8, 4) is 0 Å². The predicted octanol–water partition coefficient (Wildman–Crippen LogP) is 1.29. The van der Waals surface area contributed by atoms with E-state index < -0.39 is 0 Å². The number of hydrogen-bond donors (Lipinski definition) is 0. The third-order valence-electron chi connectivity index (χ3n) is 1.18. The first kappa shape index (κ1) is 9.20. The van der Waals surface area contributed by atoms with Crippen LogP contribution in [0.5, 0.6) is 0 Å². The summed E-state index contributed by atoms with van der Waals surface area (Å²) < 4.78 is 1.02. The minimum Gasteiger partial charge on any atom is -0.342 e. The van der Waals surface area contributed by atoms with Crippen molar-refractivity contribution in [2.75, 3.05) is 17.5 Å². The molecule has 0 bridgehead atoms. The van der Waals surface area contributed by atoms with Crippen molar-refractivity contribution in [1.82, 2.24) is 4.90 Å². The molecule has 0 rings (SSSR count). The first-order chi connectivity index (χ1) is 4.22. The maximum Gasteiger partial charge on any atom is 0.219 e. The van der Waals surface area contributed by atoms with Gasteiger partial charge in [-0.3, -0.25) is 4.79 Å². The van der Waals surface area contributed by atoms with Crippen molar-refractivity contribution in [2.45, 2.75) is 13.8 Å². The second-order valence-electron chi connectivity index (χ2n) is 1.79. The monoisotopic (exact) mass is 241 g/mol. The van der Waals surface area contributed by atoms with Gasteiger partial charge in [-0.25, -0.2) is 0 Å². The molecule has 54 valence electrons. The molecule has 0 atom stereocenters. The molecule has 0 aliphatic heterocycles. The Kier molecular flexibility index (Phi) is 5.13. The average molecular weight is 241 g/mol. The first-order valence-electron chi connectivity index (χ1n) is 3.03. The van der Waals surface area contributed by atoms with Gasteiger partial charge < -0.3 is 4.90 Å². The van der Waals surface area contributed by atoms with Crippen LogP contribution in [0.2, 0.25) is 0 Å². The molecule has 9 heavy (non-hydrogen) atoms. The van der Waals surface area contributed by atoms with E-state index in [9.17, 15) is 4.79 Å². The third-order valence-corrected chi connectivity index (χ3v) is 1.66. The van der Waals surface area contributed by atoms with Gasteiger partial charge in [0.15, 0.2) is 0 Å². The van der Waals surface area contributed by atoms with Gasteiger partial charge in [-0.2, -0.15) is 0 Å². The Labute approximate surface area is 69.7 Å². The van der Waals surface area contributed by atoms with Crippen LogP contribution in [0.1, 0.15) is 13.8 Å². The highest BCUT2D eigenvalue weighted by molar-refractivity contribution is 14.1. The van der Waals surface area contributed by atoms with Gasteiger partial charge in [-0.05, 0) is 6.92 Å². The van der Waals surface area contributed by atoms with Crippen LogP contribution in [0.4, 0.5) is 0 Å². The Bertz CT molecular complexity index is 95.1. The van der Waals surface area contributed by atoms with Crippen molar-refractivity contribution in [3.63, 3.8) is 0 Å². The molecule has 0 aliphatic rings. The lowest BCUT2D eigenvalue weighted by Gasteiger charge is -2.16. The topological polar surface area (TPSA) is 20.3 Å². The second-order valence-corrected chi connectivity index (χ2v) is 2.87. The van der Waals surface area contributed by atoms with Crippen LogP contribution >= 0.6 is 22.6 Å². The van der Waals surface area contributed by atoms with Crippen molar-refractivity contribution >= 4 is 28.5 Å². The SMILES string of the molecule is CCN(CCI)C(C)=O. The molecule has 3 heteroatoms. The van der Waals surface area contributed by atoms with Crippen molar-refractivity contribution in [1.29, 1.82) is 0 Å². The Balaban J connectivity index is 3.54. The van der Waals surface area contributed by atoms with E-state index in [1.807, 2.05) is 11.8 Å². The molecule has 1 amide bonds. The second kappa shape index (κ2) is 5.02. The fourth-order valence-corrected chi connectivity index (χ4v) is 1.22. The summed E-state index contributed by atoms with van der Waals surface area (Å²) in [4.78, 5) is 12.5. The van der Waals surface area contributed by atoms with Crippen LogP contribution in [-0.2, 0) is 4.79 Å². The van der Waals surface area contributed by atoms with Crippen LogP contribution in [0.15, 0.2) is 0 Å². The molecule has 0 aliphatic carbocycles. The molecule has 0 aromatic heterocycles. The zero-order valence-corrected chi connectivity index (χ0v) is 8.01. The van der Waals surface area contributed by atoms with E-state index in [-0.39, 0.29) is 5.91 Å². The molecule has 0 aromatic carbocycles. The van der Waals surface area contributed by atoms with E-state index in [1.165, 1.54) is 0 Å². The summed E-state index contributed by atoms with van der Waals surface area (Å²) in [6, 6.07) is 0. The number of carbonyl (C=O) groups is 1. The smallest absolute Gasteiger partial charge is 0.219 e. The standard InChI is InChI=1S/C6H12INO/c1-3-8(5-4-7)6(2)9/h3-5H2,1-2H3. The van der Waals surface area contributed by atoms with Gasteiger partial charge in [0.05, 0.1) is 0 Å². The Hall–Kier alpha value is 0.200. The number of carbonyl (C=O) groups excluding carboxylic acids is 1. The molecule has 0 heterocycles. The average Bonchev–Trinajstić information content (AvgIpc) is 1.82. The maximum atomic E-state index is 10.7. The van der Waals surface area contributed by atoms with Gasteiger partial charge in [-0.15, -0.1) is 0 Å². The highest BCUT2D eigenvalue weighted by Gasteiger charge is 2.01. The largest absolute Gasteiger partial charge is 0.342 e. The number of alkyl halides is 1. The number of hydrogen-bond acceptors (Lipinski definition) is 1. The van der Waals surface area contributed by atoms with Crippen LogP contribution < -0.4 is 0 Å². The predicted molar refractivity (Wildman–Crippen MR) is 46.8 cm³/mol. The molecule has 0 saturated carbocycles. The lowest BCUT2D eigenvalue weighted by molar-refractivity contribution is -0.128. The number of halogens is 1. The molecule has 2 nitrogen and oxygen atoms in total.